The van der Waals surface area contributed by atoms with Crippen molar-refractivity contribution in [3.05, 3.63) is 34.1 Å². The number of hydrogen-bond donors (Lipinski definition) is 1. The van der Waals surface area contributed by atoms with Crippen LogP contribution in [-0.4, -0.2) is 14.8 Å². The van der Waals surface area contributed by atoms with Gasteiger partial charge in [-0.15, -0.1) is 10.2 Å². The maximum absolute atomic E-state index is 5.87. The smallest absolute Gasteiger partial charge is 0.196 e. The van der Waals surface area contributed by atoms with Crippen molar-refractivity contribution in [2.75, 3.05) is 0 Å². The summed E-state index contributed by atoms with van der Waals surface area (Å²) in [7, 11) is 0. The Bertz CT molecular complexity index is 676. The van der Waals surface area contributed by atoms with Crippen LogP contribution in [-0.2, 0) is 6.54 Å². The number of aromatic nitrogens is 3. The molecule has 0 saturated heterocycles. The van der Waals surface area contributed by atoms with Gasteiger partial charge in [0, 0.05) is 27.9 Å². The van der Waals surface area contributed by atoms with Crippen molar-refractivity contribution >= 4 is 27.7 Å². The van der Waals surface area contributed by atoms with Crippen LogP contribution in [0.5, 0.6) is 0 Å². The van der Waals surface area contributed by atoms with Crippen molar-refractivity contribution in [3.8, 4) is 0 Å². The highest BCUT2D eigenvalue weighted by Crippen LogP contribution is 2.47. The number of halogens is 1. The monoisotopic (exact) mass is 364 g/mol. The molecule has 0 unspecified atom stereocenters. The summed E-state index contributed by atoms with van der Waals surface area (Å²) in [6.07, 6.45) is 5.05. The van der Waals surface area contributed by atoms with E-state index in [0.29, 0.717) is 18.5 Å². The topological polar surface area (TPSA) is 56.7 Å². The highest BCUT2D eigenvalue weighted by Gasteiger charge is 2.36. The molecule has 2 aromatic rings. The van der Waals surface area contributed by atoms with E-state index in [4.69, 9.17) is 5.73 Å². The molecule has 4 nitrogen and oxygen atoms in total. The first kappa shape index (κ1) is 13.8. The van der Waals surface area contributed by atoms with E-state index in [1.165, 1.54) is 36.4 Å². The lowest BCUT2D eigenvalue weighted by molar-refractivity contribution is 0.627. The molecular weight excluding hydrogens is 348 g/mol. The molecule has 1 heterocycles. The lowest BCUT2D eigenvalue weighted by Gasteiger charge is -2.10. The van der Waals surface area contributed by atoms with Crippen LogP contribution in [0.15, 0.2) is 32.7 Å². The average molecular weight is 365 g/mol. The van der Waals surface area contributed by atoms with Crippen LogP contribution >= 0.6 is 27.7 Å². The Morgan fingerprint density at radius 2 is 2.05 bits per heavy atom. The minimum absolute atomic E-state index is 0.537. The zero-order valence-corrected chi connectivity index (χ0v) is 14.0. The van der Waals surface area contributed by atoms with E-state index in [-0.39, 0.29) is 0 Å². The van der Waals surface area contributed by atoms with Crippen LogP contribution < -0.4 is 5.73 Å². The van der Waals surface area contributed by atoms with Crippen molar-refractivity contribution in [2.24, 2.45) is 5.73 Å². The molecule has 1 aromatic heterocycles. The van der Waals surface area contributed by atoms with E-state index in [1.54, 1.807) is 11.8 Å². The molecule has 2 N–H and O–H groups in total. The Hall–Kier alpha value is -0.850. The molecule has 0 amide bonds. The molecule has 2 saturated carbocycles. The normalized spacial score (nSPS) is 18.2. The third kappa shape index (κ3) is 2.76. The average Bonchev–Trinajstić information content (AvgIpc) is 3.40. The molecule has 6 heteroatoms. The molecule has 0 aliphatic heterocycles. The van der Waals surface area contributed by atoms with Gasteiger partial charge in [0.1, 0.15) is 5.82 Å². The molecule has 21 heavy (non-hydrogen) atoms. The summed E-state index contributed by atoms with van der Waals surface area (Å²) >= 11 is 5.20. The number of rotatable bonds is 5. The standard InChI is InChI=1S/C15H17BrN4S/c16-11-3-6-13(10(7-11)8-17)21-15-19-18-14(9-1-2-9)20(15)12-4-5-12/h3,6-7,9,12H,1-2,4-5,8,17H2. The Morgan fingerprint density at radius 1 is 1.24 bits per heavy atom. The van der Waals surface area contributed by atoms with Crippen molar-refractivity contribution in [3.63, 3.8) is 0 Å². The van der Waals surface area contributed by atoms with Crippen molar-refractivity contribution < 1.29 is 0 Å². The van der Waals surface area contributed by atoms with E-state index in [9.17, 15) is 0 Å². The molecule has 110 valence electrons. The first-order valence-corrected chi connectivity index (χ1v) is 8.98. The van der Waals surface area contributed by atoms with Gasteiger partial charge in [-0.1, -0.05) is 15.9 Å². The van der Waals surface area contributed by atoms with E-state index < -0.39 is 0 Å². The fraction of sp³-hybridized carbons (Fsp3) is 0.467. The Balaban J connectivity index is 1.68. The van der Waals surface area contributed by atoms with E-state index in [0.717, 1.165) is 15.2 Å². The van der Waals surface area contributed by atoms with Gasteiger partial charge >= 0.3 is 0 Å². The summed E-state index contributed by atoms with van der Waals surface area (Å²) in [5.41, 5.74) is 7.02. The minimum Gasteiger partial charge on any atom is -0.326 e. The second kappa shape index (κ2) is 5.41. The van der Waals surface area contributed by atoms with Gasteiger partial charge in [-0.2, -0.15) is 0 Å². The van der Waals surface area contributed by atoms with Crippen LogP contribution in [0.2, 0.25) is 0 Å². The summed E-state index contributed by atoms with van der Waals surface area (Å²) in [5.74, 6) is 1.85. The van der Waals surface area contributed by atoms with Crippen molar-refractivity contribution in [1.82, 2.24) is 14.8 Å². The molecule has 1 aromatic carbocycles. The van der Waals surface area contributed by atoms with Gasteiger partial charge in [0.15, 0.2) is 5.16 Å². The Kier molecular flexibility index (Phi) is 3.55. The quantitative estimate of drug-likeness (QED) is 0.874. The molecule has 4 rings (SSSR count). The zero-order valence-electron chi connectivity index (χ0n) is 11.6. The van der Waals surface area contributed by atoms with E-state index in [1.807, 2.05) is 0 Å². The highest BCUT2D eigenvalue weighted by molar-refractivity contribution is 9.10. The predicted octanol–water partition coefficient (Wildman–Crippen LogP) is 3.86. The molecule has 2 aliphatic carbocycles. The van der Waals surface area contributed by atoms with Gasteiger partial charge in [-0.25, -0.2) is 0 Å². The summed E-state index contributed by atoms with van der Waals surface area (Å²) < 4.78 is 3.44. The fourth-order valence-electron chi connectivity index (χ4n) is 2.56. The molecule has 0 bridgehead atoms. The molecule has 2 fully saturated rings. The number of benzene rings is 1. The summed E-state index contributed by atoms with van der Waals surface area (Å²) in [4.78, 5) is 1.18. The van der Waals surface area contributed by atoms with Gasteiger partial charge in [0.25, 0.3) is 0 Å². The maximum atomic E-state index is 5.87. The number of nitrogens with two attached hydrogens (primary N) is 1. The first-order chi connectivity index (χ1) is 10.3. The van der Waals surface area contributed by atoms with Gasteiger partial charge in [0.05, 0.1) is 0 Å². The lowest BCUT2D eigenvalue weighted by Crippen LogP contribution is -2.03. The lowest BCUT2D eigenvalue weighted by atomic mass is 10.2. The minimum atomic E-state index is 0.537. The Morgan fingerprint density at radius 3 is 2.71 bits per heavy atom. The molecule has 0 spiro atoms. The maximum Gasteiger partial charge on any atom is 0.196 e. The summed E-state index contributed by atoms with van der Waals surface area (Å²) in [6, 6.07) is 6.87. The van der Waals surface area contributed by atoms with Gasteiger partial charge in [-0.05, 0) is 61.2 Å². The fourth-order valence-corrected chi connectivity index (χ4v) is 4.00. The van der Waals surface area contributed by atoms with Crippen LogP contribution in [0.3, 0.4) is 0 Å². The number of hydrogen-bond acceptors (Lipinski definition) is 4. The second-order valence-electron chi connectivity index (χ2n) is 5.77. The third-order valence-electron chi connectivity index (χ3n) is 3.99. The third-order valence-corrected chi connectivity index (χ3v) is 5.56. The van der Waals surface area contributed by atoms with Crippen LogP contribution in [0.25, 0.3) is 0 Å². The van der Waals surface area contributed by atoms with Crippen molar-refractivity contribution in [1.29, 1.82) is 0 Å². The van der Waals surface area contributed by atoms with Crippen LogP contribution in [0.1, 0.15) is 49.0 Å². The SMILES string of the molecule is NCc1cc(Br)ccc1Sc1nnc(C2CC2)n1C1CC1. The predicted molar refractivity (Wildman–Crippen MR) is 86.4 cm³/mol. The second-order valence-corrected chi connectivity index (χ2v) is 7.70. The Labute approximate surface area is 136 Å². The van der Waals surface area contributed by atoms with Crippen LogP contribution in [0.4, 0.5) is 0 Å². The summed E-state index contributed by atoms with van der Waals surface area (Å²) in [6.45, 7) is 0.537. The molecule has 2 aliphatic rings. The van der Waals surface area contributed by atoms with Gasteiger partial charge in [-0.3, -0.25) is 0 Å². The van der Waals surface area contributed by atoms with Gasteiger partial charge < -0.3 is 10.3 Å². The highest BCUT2D eigenvalue weighted by atomic mass is 79.9. The zero-order chi connectivity index (χ0) is 14.4. The first-order valence-electron chi connectivity index (χ1n) is 7.37. The molecule has 0 atom stereocenters. The molecular formula is C15H17BrN4S. The summed E-state index contributed by atoms with van der Waals surface area (Å²) in [5, 5.41) is 9.94. The van der Waals surface area contributed by atoms with Crippen LogP contribution in [0, 0.1) is 0 Å². The van der Waals surface area contributed by atoms with Gasteiger partial charge in [0.2, 0.25) is 0 Å². The molecule has 0 radical (unpaired) electrons. The van der Waals surface area contributed by atoms with E-state index >= 15 is 0 Å². The van der Waals surface area contributed by atoms with Crippen molar-refractivity contribution in [2.45, 2.75) is 54.2 Å². The largest absolute Gasteiger partial charge is 0.326 e. The van der Waals surface area contributed by atoms with E-state index in [2.05, 4.69) is 48.9 Å². The number of nitrogens with zero attached hydrogens (tertiary/aromatic N) is 3.